The van der Waals surface area contributed by atoms with Crippen molar-refractivity contribution in [3.63, 3.8) is 0 Å². The molecule has 0 radical (unpaired) electrons. The summed E-state index contributed by atoms with van der Waals surface area (Å²) in [6, 6.07) is 9.54. The lowest BCUT2D eigenvalue weighted by molar-refractivity contribution is -0.133. The Hall–Kier alpha value is -1.39. The van der Waals surface area contributed by atoms with Gasteiger partial charge in [-0.3, -0.25) is 4.79 Å². The second-order valence-corrected chi connectivity index (χ2v) is 4.84. The molecule has 1 amide bonds. The Kier molecular flexibility index (Phi) is 5.82. The molecule has 0 aliphatic rings. The van der Waals surface area contributed by atoms with Crippen molar-refractivity contribution < 1.29 is 4.79 Å². The first-order valence-corrected chi connectivity index (χ1v) is 6.23. The molecular formula is C14H23N3O. The molecule has 0 heterocycles. The van der Waals surface area contributed by atoms with E-state index in [9.17, 15) is 4.79 Å². The van der Waals surface area contributed by atoms with E-state index in [0.29, 0.717) is 13.1 Å². The molecule has 1 atom stereocenters. The van der Waals surface area contributed by atoms with Crippen molar-refractivity contribution in [3.05, 3.63) is 35.9 Å². The van der Waals surface area contributed by atoms with E-state index in [-0.39, 0.29) is 5.91 Å². The summed E-state index contributed by atoms with van der Waals surface area (Å²) in [4.78, 5) is 15.9. The van der Waals surface area contributed by atoms with Crippen LogP contribution in [0.4, 0.5) is 0 Å². The van der Waals surface area contributed by atoms with Crippen LogP contribution in [0.1, 0.15) is 12.5 Å². The third kappa shape index (κ3) is 4.85. The van der Waals surface area contributed by atoms with Gasteiger partial charge < -0.3 is 15.5 Å². The highest BCUT2D eigenvalue weighted by Crippen LogP contribution is 2.05. The molecule has 1 aromatic carbocycles. The third-order valence-electron chi connectivity index (χ3n) is 2.73. The van der Waals surface area contributed by atoms with Gasteiger partial charge in [0.2, 0.25) is 5.91 Å². The van der Waals surface area contributed by atoms with Gasteiger partial charge in [0.25, 0.3) is 0 Å². The predicted octanol–water partition coefficient (Wildman–Crippen LogP) is 0.924. The number of likely N-dealkylation sites (N-methyl/N-ethyl adjacent to an activating group) is 1. The molecule has 1 rings (SSSR count). The van der Waals surface area contributed by atoms with Gasteiger partial charge in [0.15, 0.2) is 0 Å². The molecule has 0 bridgehead atoms. The topological polar surface area (TPSA) is 49.6 Å². The molecule has 0 aliphatic heterocycles. The van der Waals surface area contributed by atoms with E-state index in [1.807, 2.05) is 49.3 Å². The minimum atomic E-state index is -0.448. The van der Waals surface area contributed by atoms with Gasteiger partial charge in [-0.05, 0) is 26.6 Å². The standard InChI is InChI=1S/C14H23N3O/c1-12(15)14(18)17(10-9-16(2)3)11-13-7-5-4-6-8-13/h4-8,12H,9-11,15H2,1-3H3/t12-/m1/s1. The zero-order valence-corrected chi connectivity index (χ0v) is 11.5. The molecule has 1 aromatic rings. The fourth-order valence-corrected chi connectivity index (χ4v) is 1.68. The number of carbonyl (C=O) groups is 1. The van der Waals surface area contributed by atoms with Gasteiger partial charge in [-0.25, -0.2) is 0 Å². The van der Waals surface area contributed by atoms with Crippen molar-refractivity contribution in [1.29, 1.82) is 0 Å². The Morgan fingerprint density at radius 1 is 1.22 bits per heavy atom. The zero-order valence-electron chi connectivity index (χ0n) is 11.5. The minimum absolute atomic E-state index is 0.000651. The Bertz CT molecular complexity index is 363. The van der Waals surface area contributed by atoms with Gasteiger partial charge in [0, 0.05) is 19.6 Å². The van der Waals surface area contributed by atoms with E-state index in [2.05, 4.69) is 4.90 Å². The number of nitrogens with two attached hydrogens (primary N) is 1. The Morgan fingerprint density at radius 3 is 2.33 bits per heavy atom. The number of benzene rings is 1. The zero-order chi connectivity index (χ0) is 13.5. The highest BCUT2D eigenvalue weighted by molar-refractivity contribution is 5.81. The third-order valence-corrected chi connectivity index (χ3v) is 2.73. The maximum Gasteiger partial charge on any atom is 0.239 e. The number of nitrogens with zero attached hydrogens (tertiary/aromatic N) is 2. The molecule has 4 heteroatoms. The first kappa shape index (κ1) is 14.7. The van der Waals surface area contributed by atoms with Crippen LogP contribution in [-0.2, 0) is 11.3 Å². The Morgan fingerprint density at radius 2 is 1.83 bits per heavy atom. The molecule has 2 N–H and O–H groups in total. The van der Waals surface area contributed by atoms with Gasteiger partial charge in [0.1, 0.15) is 0 Å². The number of hydrogen-bond acceptors (Lipinski definition) is 3. The van der Waals surface area contributed by atoms with Crippen molar-refractivity contribution in [2.24, 2.45) is 5.73 Å². The average molecular weight is 249 g/mol. The van der Waals surface area contributed by atoms with E-state index in [1.54, 1.807) is 6.92 Å². The summed E-state index contributed by atoms with van der Waals surface area (Å²) in [5.74, 6) is 0.000651. The van der Waals surface area contributed by atoms with Gasteiger partial charge in [-0.2, -0.15) is 0 Å². The minimum Gasteiger partial charge on any atom is -0.336 e. The largest absolute Gasteiger partial charge is 0.336 e. The maximum atomic E-state index is 12.0. The summed E-state index contributed by atoms with van der Waals surface area (Å²) in [6.07, 6.45) is 0. The van der Waals surface area contributed by atoms with Crippen LogP contribution in [0.15, 0.2) is 30.3 Å². The van der Waals surface area contributed by atoms with Crippen molar-refractivity contribution in [1.82, 2.24) is 9.80 Å². The first-order chi connectivity index (χ1) is 8.50. The maximum absolute atomic E-state index is 12.0. The van der Waals surface area contributed by atoms with E-state index in [1.165, 1.54) is 0 Å². The van der Waals surface area contributed by atoms with Crippen LogP contribution in [0, 0.1) is 0 Å². The molecule has 18 heavy (non-hydrogen) atoms. The molecule has 0 unspecified atom stereocenters. The lowest BCUT2D eigenvalue weighted by Crippen LogP contribution is -2.44. The Balaban J connectivity index is 2.68. The fraction of sp³-hybridized carbons (Fsp3) is 0.500. The van der Waals surface area contributed by atoms with Crippen LogP contribution < -0.4 is 5.73 Å². The van der Waals surface area contributed by atoms with Crippen molar-refractivity contribution in [2.75, 3.05) is 27.2 Å². The average Bonchev–Trinajstić information content (AvgIpc) is 2.34. The normalized spacial score (nSPS) is 12.5. The molecule has 0 aromatic heterocycles. The summed E-state index contributed by atoms with van der Waals surface area (Å²) in [5.41, 5.74) is 6.82. The van der Waals surface area contributed by atoms with E-state index >= 15 is 0 Å². The summed E-state index contributed by atoms with van der Waals surface area (Å²) in [5, 5.41) is 0. The fourth-order valence-electron chi connectivity index (χ4n) is 1.68. The lowest BCUT2D eigenvalue weighted by Gasteiger charge is -2.26. The van der Waals surface area contributed by atoms with Crippen LogP contribution in [-0.4, -0.2) is 48.9 Å². The predicted molar refractivity (Wildman–Crippen MR) is 74.1 cm³/mol. The second kappa shape index (κ2) is 7.13. The van der Waals surface area contributed by atoms with Crippen molar-refractivity contribution >= 4 is 5.91 Å². The van der Waals surface area contributed by atoms with Crippen LogP contribution in [0.5, 0.6) is 0 Å². The quantitative estimate of drug-likeness (QED) is 0.816. The summed E-state index contributed by atoms with van der Waals surface area (Å²) < 4.78 is 0. The van der Waals surface area contributed by atoms with Crippen molar-refractivity contribution in [3.8, 4) is 0 Å². The number of carbonyl (C=O) groups excluding carboxylic acids is 1. The van der Waals surface area contributed by atoms with Crippen LogP contribution in [0.3, 0.4) is 0 Å². The van der Waals surface area contributed by atoms with Gasteiger partial charge >= 0.3 is 0 Å². The summed E-state index contributed by atoms with van der Waals surface area (Å²) >= 11 is 0. The van der Waals surface area contributed by atoms with E-state index in [4.69, 9.17) is 5.73 Å². The molecule has 0 saturated heterocycles. The van der Waals surface area contributed by atoms with Gasteiger partial charge in [-0.1, -0.05) is 30.3 Å². The monoisotopic (exact) mass is 249 g/mol. The SMILES string of the molecule is C[C@@H](N)C(=O)N(CCN(C)C)Cc1ccccc1. The molecule has 100 valence electrons. The molecule has 0 spiro atoms. The molecule has 0 saturated carbocycles. The van der Waals surface area contributed by atoms with Crippen LogP contribution in [0.2, 0.25) is 0 Å². The lowest BCUT2D eigenvalue weighted by atomic mass is 10.2. The molecule has 4 nitrogen and oxygen atoms in total. The molecular weight excluding hydrogens is 226 g/mol. The molecule has 0 fully saturated rings. The smallest absolute Gasteiger partial charge is 0.239 e. The highest BCUT2D eigenvalue weighted by atomic mass is 16.2. The summed E-state index contributed by atoms with van der Waals surface area (Å²) in [6.45, 7) is 3.89. The second-order valence-electron chi connectivity index (χ2n) is 4.84. The van der Waals surface area contributed by atoms with Gasteiger partial charge in [0.05, 0.1) is 6.04 Å². The number of hydrogen-bond donors (Lipinski definition) is 1. The highest BCUT2D eigenvalue weighted by Gasteiger charge is 2.17. The Labute approximate surface area is 109 Å². The van der Waals surface area contributed by atoms with Crippen LogP contribution >= 0.6 is 0 Å². The van der Waals surface area contributed by atoms with Gasteiger partial charge in [-0.15, -0.1) is 0 Å². The number of rotatable bonds is 6. The summed E-state index contributed by atoms with van der Waals surface area (Å²) in [7, 11) is 3.99. The van der Waals surface area contributed by atoms with Crippen molar-refractivity contribution in [2.45, 2.75) is 19.5 Å². The first-order valence-electron chi connectivity index (χ1n) is 6.23. The number of amides is 1. The van der Waals surface area contributed by atoms with E-state index < -0.39 is 6.04 Å². The molecule has 0 aliphatic carbocycles. The van der Waals surface area contributed by atoms with E-state index in [0.717, 1.165) is 12.1 Å². The van der Waals surface area contributed by atoms with Crippen LogP contribution in [0.25, 0.3) is 0 Å².